The van der Waals surface area contributed by atoms with Crippen molar-refractivity contribution in [2.24, 2.45) is 0 Å². The summed E-state index contributed by atoms with van der Waals surface area (Å²) in [6, 6.07) is 16.0. The minimum atomic E-state index is -0.136. The maximum absolute atomic E-state index is 12.5. The summed E-state index contributed by atoms with van der Waals surface area (Å²) in [5.74, 6) is 0.525. The molecule has 0 aliphatic rings. The average molecular weight is 381 g/mol. The molecule has 0 atom stereocenters. The second-order valence-electron chi connectivity index (χ2n) is 6.66. The number of anilines is 1. The molecule has 0 bridgehead atoms. The molecule has 0 aliphatic heterocycles. The summed E-state index contributed by atoms with van der Waals surface area (Å²) in [5.41, 5.74) is 4.12. The SMILES string of the molecule is CCCCc1ccc(NC(=O)Cn2c(-c3cccc(C)c3)n[nH]c2=S)cc1. The Bertz CT molecular complexity index is 972. The Labute approximate surface area is 164 Å². The molecule has 0 unspecified atom stereocenters. The van der Waals surface area contributed by atoms with E-state index < -0.39 is 0 Å². The highest BCUT2D eigenvalue weighted by Crippen LogP contribution is 2.19. The summed E-state index contributed by atoms with van der Waals surface area (Å²) < 4.78 is 2.14. The standard InChI is InChI=1S/C21H24N4OS/c1-3-4-7-16-9-11-18(12-10-16)22-19(26)14-25-20(23-24-21(25)27)17-8-5-6-15(2)13-17/h5-6,8-13H,3-4,7,14H2,1-2H3,(H,22,26)(H,24,27). The van der Waals surface area contributed by atoms with Gasteiger partial charge in [0.25, 0.3) is 0 Å². The molecule has 0 radical (unpaired) electrons. The molecule has 0 aliphatic carbocycles. The molecular weight excluding hydrogens is 356 g/mol. The van der Waals surface area contributed by atoms with Gasteiger partial charge in [0.05, 0.1) is 0 Å². The fourth-order valence-electron chi connectivity index (χ4n) is 2.95. The summed E-state index contributed by atoms with van der Waals surface area (Å²) in [6.07, 6.45) is 3.41. The van der Waals surface area contributed by atoms with Gasteiger partial charge in [0.1, 0.15) is 6.54 Å². The van der Waals surface area contributed by atoms with Gasteiger partial charge in [-0.3, -0.25) is 14.5 Å². The van der Waals surface area contributed by atoms with Gasteiger partial charge >= 0.3 is 0 Å². The monoisotopic (exact) mass is 380 g/mol. The van der Waals surface area contributed by atoms with Crippen LogP contribution in [0.4, 0.5) is 5.69 Å². The summed E-state index contributed by atoms with van der Waals surface area (Å²) in [4.78, 5) is 12.5. The van der Waals surface area contributed by atoms with E-state index >= 15 is 0 Å². The molecule has 1 heterocycles. The molecule has 1 amide bonds. The van der Waals surface area contributed by atoms with E-state index in [1.54, 1.807) is 4.57 Å². The highest BCUT2D eigenvalue weighted by atomic mass is 32.1. The number of H-pyrrole nitrogens is 1. The number of nitrogens with zero attached hydrogens (tertiary/aromatic N) is 2. The quantitative estimate of drug-likeness (QED) is 0.573. The lowest BCUT2D eigenvalue weighted by Crippen LogP contribution is -2.19. The number of aromatic amines is 1. The van der Waals surface area contributed by atoms with Crippen LogP contribution in [0.5, 0.6) is 0 Å². The number of benzene rings is 2. The molecule has 0 fully saturated rings. The zero-order valence-electron chi connectivity index (χ0n) is 15.7. The van der Waals surface area contributed by atoms with E-state index in [0.29, 0.717) is 10.6 Å². The van der Waals surface area contributed by atoms with Gasteiger partial charge in [0.15, 0.2) is 10.6 Å². The van der Waals surface area contributed by atoms with Crippen LogP contribution < -0.4 is 5.32 Å². The maximum Gasteiger partial charge on any atom is 0.244 e. The third-order valence-corrected chi connectivity index (χ3v) is 4.70. The van der Waals surface area contributed by atoms with Gasteiger partial charge in [-0.15, -0.1) is 0 Å². The number of aromatic nitrogens is 3. The molecule has 0 spiro atoms. The zero-order valence-corrected chi connectivity index (χ0v) is 16.5. The summed E-state index contributed by atoms with van der Waals surface area (Å²) in [5, 5.41) is 10.0. The lowest BCUT2D eigenvalue weighted by atomic mass is 10.1. The fraction of sp³-hybridized carbons (Fsp3) is 0.286. The molecule has 2 N–H and O–H groups in total. The van der Waals surface area contributed by atoms with Crippen LogP contribution in [-0.2, 0) is 17.8 Å². The number of nitrogens with one attached hydrogen (secondary N) is 2. The molecule has 3 aromatic rings. The summed E-state index contributed by atoms with van der Waals surface area (Å²) >= 11 is 5.31. The molecule has 27 heavy (non-hydrogen) atoms. The van der Waals surface area contributed by atoms with Crippen LogP contribution in [0.3, 0.4) is 0 Å². The first kappa shape index (κ1) is 19.0. The third-order valence-electron chi connectivity index (χ3n) is 4.39. The largest absolute Gasteiger partial charge is 0.325 e. The Morgan fingerprint density at radius 2 is 2.00 bits per heavy atom. The van der Waals surface area contributed by atoms with E-state index in [1.807, 2.05) is 43.3 Å². The van der Waals surface area contributed by atoms with Crippen LogP contribution >= 0.6 is 12.2 Å². The predicted octanol–water partition coefficient (Wildman–Crippen LogP) is 4.90. The zero-order chi connectivity index (χ0) is 19.2. The Hall–Kier alpha value is -2.73. The molecular formula is C21H24N4OS. The van der Waals surface area contributed by atoms with E-state index in [9.17, 15) is 4.79 Å². The topological polar surface area (TPSA) is 62.7 Å². The Kier molecular flexibility index (Phi) is 6.19. The number of hydrogen-bond donors (Lipinski definition) is 2. The van der Waals surface area contributed by atoms with Crippen LogP contribution in [0.2, 0.25) is 0 Å². The Balaban J connectivity index is 1.71. The maximum atomic E-state index is 12.5. The van der Waals surface area contributed by atoms with E-state index in [-0.39, 0.29) is 12.5 Å². The molecule has 5 nitrogen and oxygen atoms in total. The number of rotatable bonds is 7. The van der Waals surface area contributed by atoms with Crippen molar-refractivity contribution in [2.45, 2.75) is 39.7 Å². The molecule has 2 aromatic carbocycles. The van der Waals surface area contributed by atoms with Gasteiger partial charge < -0.3 is 5.32 Å². The van der Waals surface area contributed by atoms with Crippen molar-refractivity contribution >= 4 is 23.8 Å². The van der Waals surface area contributed by atoms with E-state index in [1.165, 1.54) is 18.4 Å². The van der Waals surface area contributed by atoms with Gasteiger partial charge in [0, 0.05) is 11.3 Å². The lowest BCUT2D eigenvalue weighted by molar-refractivity contribution is -0.116. The number of aryl methyl sites for hydroxylation is 2. The van der Waals surface area contributed by atoms with E-state index in [0.717, 1.165) is 23.2 Å². The van der Waals surface area contributed by atoms with Crippen LogP contribution in [-0.4, -0.2) is 20.7 Å². The Morgan fingerprint density at radius 3 is 2.70 bits per heavy atom. The number of carbonyl (C=O) groups is 1. The minimum Gasteiger partial charge on any atom is -0.325 e. The molecule has 140 valence electrons. The van der Waals surface area contributed by atoms with Crippen molar-refractivity contribution in [3.63, 3.8) is 0 Å². The Morgan fingerprint density at radius 1 is 1.22 bits per heavy atom. The first-order chi connectivity index (χ1) is 13.1. The van der Waals surface area contributed by atoms with Crippen molar-refractivity contribution in [1.29, 1.82) is 0 Å². The smallest absolute Gasteiger partial charge is 0.244 e. The molecule has 6 heteroatoms. The lowest BCUT2D eigenvalue weighted by Gasteiger charge is -2.09. The van der Waals surface area contributed by atoms with Crippen molar-refractivity contribution in [2.75, 3.05) is 5.32 Å². The second kappa shape index (κ2) is 8.77. The van der Waals surface area contributed by atoms with Crippen LogP contribution in [0.15, 0.2) is 48.5 Å². The van der Waals surface area contributed by atoms with Gasteiger partial charge in [0.2, 0.25) is 5.91 Å². The fourth-order valence-corrected chi connectivity index (χ4v) is 3.15. The summed E-state index contributed by atoms with van der Waals surface area (Å²) in [6.45, 7) is 4.31. The summed E-state index contributed by atoms with van der Waals surface area (Å²) in [7, 11) is 0. The highest BCUT2D eigenvalue weighted by molar-refractivity contribution is 7.71. The van der Waals surface area contributed by atoms with Crippen LogP contribution in [0.25, 0.3) is 11.4 Å². The van der Waals surface area contributed by atoms with E-state index in [4.69, 9.17) is 12.2 Å². The first-order valence-corrected chi connectivity index (χ1v) is 9.58. The predicted molar refractivity (Wildman–Crippen MR) is 111 cm³/mol. The highest BCUT2D eigenvalue weighted by Gasteiger charge is 2.12. The normalized spacial score (nSPS) is 10.7. The minimum absolute atomic E-state index is 0.107. The van der Waals surface area contributed by atoms with Gasteiger partial charge in [-0.25, -0.2) is 0 Å². The van der Waals surface area contributed by atoms with Crippen molar-refractivity contribution in [1.82, 2.24) is 14.8 Å². The third kappa shape index (κ3) is 4.92. The molecule has 1 aromatic heterocycles. The average Bonchev–Trinajstić information content (AvgIpc) is 3.01. The van der Waals surface area contributed by atoms with Crippen molar-refractivity contribution in [3.8, 4) is 11.4 Å². The van der Waals surface area contributed by atoms with Gasteiger partial charge in [-0.2, -0.15) is 5.10 Å². The molecule has 3 rings (SSSR count). The number of hydrogen-bond acceptors (Lipinski definition) is 3. The van der Waals surface area contributed by atoms with Crippen molar-refractivity contribution < 1.29 is 4.79 Å². The van der Waals surface area contributed by atoms with Gasteiger partial charge in [-0.1, -0.05) is 49.2 Å². The first-order valence-electron chi connectivity index (χ1n) is 9.18. The van der Waals surface area contributed by atoms with Gasteiger partial charge in [-0.05, 0) is 55.7 Å². The van der Waals surface area contributed by atoms with E-state index in [2.05, 4.69) is 34.6 Å². The van der Waals surface area contributed by atoms with Crippen LogP contribution in [0, 0.1) is 11.7 Å². The van der Waals surface area contributed by atoms with Crippen molar-refractivity contribution in [3.05, 3.63) is 64.4 Å². The number of carbonyl (C=O) groups excluding carboxylic acids is 1. The molecule has 0 saturated carbocycles. The molecule has 0 saturated heterocycles. The number of unbranched alkanes of at least 4 members (excludes halogenated alkanes) is 1. The second-order valence-corrected chi connectivity index (χ2v) is 7.04. The van der Waals surface area contributed by atoms with Crippen LogP contribution in [0.1, 0.15) is 30.9 Å². The number of amides is 1.